The Morgan fingerprint density at radius 3 is 2.58 bits per heavy atom. The number of anilines is 1. The maximum Gasteiger partial charge on any atom is 0.407 e. The van der Waals surface area contributed by atoms with Gasteiger partial charge in [-0.05, 0) is 64.5 Å². The number of benzene rings is 1. The van der Waals surface area contributed by atoms with Gasteiger partial charge >= 0.3 is 6.09 Å². The molecule has 3 N–H and O–H groups in total. The molecular formula is C25H31N5O6. The van der Waals surface area contributed by atoms with E-state index in [2.05, 4.69) is 20.9 Å². The molecule has 1 aliphatic carbocycles. The van der Waals surface area contributed by atoms with Gasteiger partial charge in [0.2, 0.25) is 17.7 Å². The number of imide groups is 1. The fourth-order valence-corrected chi connectivity index (χ4v) is 4.43. The zero-order valence-corrected chi connectivity index (χ0v) is 20.9. The fourth-order valence-electron chi connectivity index (χ4n) is 4.43. The largest absolute Gasteiger partial charge is 0.444 e. The van der Waals surface area contributed by atoms with E-state index in [4.69, 9.17) is 4.74 Å². The predicted molar refractivity (Wildman–Crippen MR) is 131 cm³/mol. The second kappa shape index (κ2) is 9.36. The molecule has 11 nitrogen and oxygen atoms in total. The highest BCUT2D eigenvalue weighted by molar-refractivity contribution is 6.01. The van der Waals surface area contributed by atoms with Crippen LogP contribution in [0.25, 0.3) is 10.9 Å². The molecule has 1 atom stereocenters. The van der Waals surface area contributed by atoms with E-state index in [9.17, 15) is 24.0 Å². The van der Waals surface area contributed by atoms with E-state index in [1.165, 1.54) is 4.57 Å². The molecule has 2 heterocycles. The second-order valence-corrected chi connectivity index (χ2v) is 10.6. The fraction of sp³-hybridized carbons (Fsp3) is 0.520. The molecule has 1 aliphatic heterocycles. The van der Waals surface area contributed by atoms with Crippen molar-refractivity contribution in [1.82, 2.24) is 20.2 Å². The SMILES string of the molecule is Cc1nc2c(NC(=O)CC3(CNC(=O)OC(C)(C)C)CC3)cccc2c(=O)n1C1CCC(=O)NC1=O. The number of piperidine rings is 1. The molecule has 4 rings (SSSR count). The summed E-state index contributed by atoms with van der Waals surface area (Å²) < 4.78 is 6.57. The van der Waals surface area contributed by atoms with Crippen molar-refractivity contribution in [2.75, 3.05) is 11.9 Å². The Bertz CT molecular complexity index is 1300. The zero-order valence-electron chi connectivity index (χ0n) is 20.9. The van der Waals surface area contributed by atoms with E-state index in [-0.39, 0.29) is 41.9 Å². The third-order valence-corrected chi connectivity index (χ3v) is 6.40. The number of nitrogens with one attached hydrogen (secondary N) is 3. The van der Waals surface area contributed by atoms with Crippen LogP contribution in [0.5, 0.6) is 0 Å². The molecule has 0 spiro atoms. The maximum absolute atomic E-state index is 13.3. The number of carbonyl (C=O) groups is 4. The minimum Gasteiger partial charge on any atom is -0.444 e. The number of carbonyl (C=O) groups excluding carboxylic acids is 4. The molecule has 2 aromatic rings. The predicted octanol–water partition coefficient (Wildman–Crippen LogP) is 2.32. The molecule has 2 aliphatic rings. The molecule has 1 aromatic heterocycles. The van der Waals surface area contributed by atoms with Crippen molar-refractivity contribution in [3.05, 3.63) is 34.4 Å². The number of alkyl carbamates (subject to hydrolysis) is 1. The summed E-state index contributed by atoms with van der Waals surface area (Å²) in [5, 5.41) is 8.13. The van der Waals surface area contributed by atoms with Crippen LogP contribution in [0.2, 0.25) is 0 Å². The van der Waals surface area contributed by atoms with Crippen molar-refractivity contribution in [3.8, 4) is 0 Å². The number of fused-ring (bicyclic) bond motifs is 1. The summed E-state index contributed by atoms with van der Waals surface area (Å²) in [5.74, 6) is -0.837. The summed E-state index contributed by atoms with van der Waals surface area (Å²) in [5.41, 5.74) is -0.622. The van der Waals surface area contributed by atoms with Crippen LogP contribution in [0, 0.1) is 12.3 Å². The van der Waals surface area contributed by atoms with Gasteiger partial charge in [-0.1, -0.05) is 6.07 Å². The Morgan fingerprint density at radius 2 is 1.94 bits per heavy atom. The van der Waals surface area contributed by atoms with Crippen LogP contribution in [-0.2, 0) is 19.1 Å². The molecule has 0 bridgehead atoms. The van der Waals surface area contributed by atoms with Crippen LogP contribution in [0.15, 0.2) is 23.0 Å². The van der Waals surface area contributed by atoms with Crippen LogP contribution >= 0.6 is 0 Å². The van der Waals surface area contributed by atoms with Crippen molar-refractivity contribution in [1.29, 1.82) is 0 Å². The molecule has 1 saturated carbocycles. The Kier molecular flexibility index (Phi) is 6.59. The molecule has 0 radical (unpaired) electrons. The number of hydrogen-bond acceptors (Lipinski definition) is 7. The van der Waals surface area contributed by atoms with Crippen molar-refractivity contribution in [2.45, 2.75) is 71.4 Å². The van der Waals surface area contributed by atoms with E-state index in [1.54, 1.807) is 45.9 Å². The Hall–Kier alpha value is -3.76. The van der Waals surface area contributed by atoms with Gasteiger partial charge in [0, 0.05) is 19.4 Å². The number of ether oxygens (including phenoxy) is 1. The molecule has 192 valence electrons. The highest BCUT2D eigenvalue weighted by atomic mass is 16.6. The molecule has 1 saturated heterocycles. The quantitative estimate of drug-likeness (QED) is 0.519. The van der Waals surface area contributed by atoms with E-state index < -0.39 is 29.2 Å². The lowest BCUT2D eigenvalue weighted by Gasteiger charge is -2.24. The average Bonchev–Trinajstić information content (AvgIpc) is 3.52. The Labute approximate surface area is 208 Å². The van der Waals surface area contributed by atoms with Gasteiger partial charge < -0.3 is 15.4 Å². The second-order valence-electron chi connectivity index (χ2n) is 10.6. The lowest BCUT2D eigenvalue weighted by atomic mass is 10.0. The van der Waals surface area contributed by atoms with Gasteiger partial charge in [-0.25, -0.2) is 9.78 Å². The van der Waals surface area contributed by atoms with Gasteiger partial charge in [-0.15, -0.1) is 0 Å². The summed E-state index contributed by atoms with van der Waals surface area (Å²) in [7, 11) is 0. The highest BCUT2D eigenvalue weighted by Gasteiger charge is 2.44. The summed E-state index contributed by atoms with van der Waals surface area (Å²) in [4.78, 5) is 66.6. The molecular weight excluding hydrogens is 466 g/mol. The number of nitrogens with zero attached hydrogens (tertiary/aromatic N) is 2. The van der Waals surface area contributed by atoms with Crippen molar-refractivity contribution in [2.24, 2.45) is 5.41 Å². The first kappa shape index (κ1) is 25.3. The number of rotatable bonds is 6. The first-order valence-electron chi connectivity index (χ1n) is 12.0. The van der Waals surface area contributed by atoms with Gasteiger partial charge in [0.15, 0.2) is 0 Å². The van der Waals surface area contributed by atoms with Gasteiger partial charge in [-0.2, -0.15) is 0 Å². The molecule has 1 aromatic carbocycles. The molecule has 36 heavy (non-hydrogen) atoms. The van der Waals surface area contributed by atoms with Crippen molar-refractivity contribution < 1.29 is 23.9 Å². The molecule has 2 fully saturated rings. The van der Waals surface area contributed by atoms with Crippen LogP contribution in [0.4, 0.5) is 10.5 Å². The standard InChI is InChI=1S/C25H31N5O6/c1-14-27-20-15(22(34)30(14)17-8-9-18(31)29-21(17)33)6-5-7-16(20)28-19(32)12-25(10-11-25)13-26-23(35)36-24(2,3)4/h5-7,17H,8-13H2,1-4H3,(H,26,35)(H,28,32)(H,29,31,33). The van der Waals surface area contributed by atoms with Crippen LogP contribution < -0.4 is 21.5 Å². The summed E-state index contributed by atoms with van der Waals surface area (Å²) >= 11 is 0. The first-order valence-corrected chi connectivity index (χ1v) is 12.0. The smallest absolute Gasteiger partial charge is 0.407 e. The highest BCUT2D eigenvalue weighted by Crippen LogP contribution is 2.48. The topological polar surface area (TPSA) is 148 Å². The maximum atomic E-state index is 13.3. The van der Waals surface area contributed by atoms with E-state index in [1.807, 2.05) is 0 Å². The number of aromatic nitrogens is 2. The lowest BCUT2D eigenvalue weighted by Crippen LogP contribution is -2.45. The van der Waals surface area contributed by atoms with E-state index in [0.29, 0.717) is 23.6 Å². The minimum atomic E-state index is -0.822. The minimum absolute atomic E-state index is 0.140. The number of amides is 4. The van der Waals surface area contributed by atoms with Gasteiger partial charge in [-0.3, -0.25) is 29.1 Å². The van der Waals surface area contributed by atoms with Gasteiger partial charge in [0.25, 0.3) is 5.56 Å². The van der Waals surface area contributed by atoms with Crippen molar-refractivity contribution in [3.63, 3.8) is 0 Å². The molecule has 11 heteroatoms. The van der Waals surface area contributed by atoms with Crippen molar-refractivity contribution >= 4 is 40.4 Å². The van der Waals surface area contributed by atoms with E-state index in [0.717, 1.165) is 12.8 Å². The number of para-hydroxylation sites is 1. The van der Waals surface area contributed by atoms with Crippen LogP contribution in [0.1, 0.15) is 64.7 Å². The summed E-state index contributed by atoms with van der Waals surface area (Å²) in [6.45, 7) is 7.30. The Balaban J connectivity index is 1.49. The first-order chi connectivity index (χ1) is 16.9. The molecule has 1 unspecified atom stereocenters. The third-order valence-electron chi connectivity index (χ3n) is 6.40. The molecule has 4 amide bonds. The Morgan fingerprint density at radius 1 is 1.22 bits per heavy atom. The summed E-state index contributed by atoms with van der Waals surface area (Å²) in [6, 6.07) is 4.08. The van der Waals surface area contributed by atoms with Crippen LogP contribution in [-0.4, -0.2) is 45.5 Å². The monoisotopic (exact) mass is 497 g/mol. The third kappa shape index (κ3) is 5.55. The zero-order chi connectivity index (χ0) is 26.3. The average molecular weight is 498 g/mol. The van der Waals surface area contributed by atoms with Gasteiger partial charge in [0.1, 0.15) is 23.0 Å². The van der Waals surface area contributed by atoms with Gasteiger partial charge in [0.05, 0.1) is 11.1 Å². The lowest BCUT2D eigenvalue weighted by molar-refractivity contribution is -0.135. The number of hydrogen-bond donors (Lipinski definition) is 3. The summed E-state index contributed by atoms with van der Waals surface area (Å²) in [6.07, 6.45) is 1.65. The van der Waals surface area contributed by atoms with E-state index >= 15 is 0 Å². The normalized spacial score (nSPS) is 18.9. The number of aryl methyl sites for hydroxylation is 1. The van der Waals surface area contributed by atoms with Crippen LogP contribution in [0.3, 0.4) is 0 Å².